The normalized spacial score (nSPS) is 12.2. The van der Waals surface area contributed by atoms with Crippen molar-refractivity contribution in [2.24, 2.45) is 0 Å². The van der Waals surface area contributed by atoms with E-state index in [1.807, 2.05) is 49.6 Å². The molecule has 1 N–H and O–H groups in total. The summed E-state index contributed by atoms with van der Waals surface area (Å²) in [5.41, 5.74) is 2.15. The molecule has 1 amide bonds. The van der Waals surface area contributed by atoms with Gasteiger partial charge in [0.1, 0.15) is 0 Å². The van der Waals surface area contributed by atoms with E-state index in [0.29, 0.717) is 0 Å². The minimum Gasteiger partial charge on any atom is -0.349 e. The molecule has 1 aromatic heterocycles. The molecule has 0 aliphatic rings. The van der Waals surface area contributed by atoms with Crippen LogP contribution in [0.15, 0.2) is 35.7 Å². The lowest BCUT2D eigenvalue weighted by atomic mass is 10.1. The van der Waals surface area contributed by atoms with Gasteiger partial charge in [0.25, 0.3) is 5.91 Å². The number of rotatable bonds is 4. The van der Waals surface area contributed by atoms with E-state index in [1.165, 1.54) is 11.3 Å². The highest BCUT2D eigenvalue weighted by Gasteiger charge is 2.13. The van der Waals surface area contributed by atoms with Crippen molar-refractivity contribution >= 4 is 28.8 Å². The van der Waals surface area contributed by atoms with Crippen molar-refractivity contribution in [2.75, 3.05) is 0 Å². The van der Waals surface area contributed by atoms with Crippen molar-refractivity contribution in [1.82, 2.24) is 5.32 Å². The summed E-state index contributed by atoms with van der Waals surface area (Å²) < 4.78 is 0. The topological polar surface area (TPSA) is 29.1 Å². The van der Waals surface area contributed by atoms with Crippen molar-refractivity contribution < 1.29 is 4.79 Å². The molecule has 1 heterocycles. The molecule has 0 spiro atoms. The second-order valence-corrected chi connectivity index (χ2v) is 5.99. The molecule has 0 unspecified atom stereocenters. The van der Waals surface area contributed by atoms with Crippen LogP contribution in [-0.2, 0) is 6.42 Å². The number of carbonyl (C=O) groups is 1. The summed E-state index contributed by atoms with van der Waals surface area (Å²) in [5.74, 6) is 0.00188. The average Bonchev–Trinajstić information content (AvgIpc) is 2.75. The Kier molecular flexibility index (Phi) is 4.61. The Hall–Kier alpha value is -1.32. The van der Waals surface area contributed by atoms with E-state index in [9.17, 15) is 4.79 Å². The fourth-order valence-electron chi connectivity index (χ4n) is 1.96. The van der Waals surface area contributed by atoms with Crippen molar-refractivity contribution in [3.05, 3.63) is 56.7 Å². The molecule has 2 rings (SSSR count). The molecule has 1 aromatic carbocycles. The number of halogens is 1. The van der Waals surface area contributed by atoms with Crippen LogP contribution in [0, 0.1) is 6.92 Å². The highest BCUT2D eigenvalue weighted by molar-refractivity contribution is 7.12. The first-order chi connectivity index (χ1) is 9.06. The maximum atomic E-state index is 12.1. The van der Waals surface area contributed by atoms with Crippen LogP contribution in [-0.4, -0.2) is 11.9 Å². The molecule has 0 fully saturated rings. The van der Waals surface area contributed by atoms with Gasteiger partial charge in [-0.15, -0.1) is 11.3 Å². The van der Waals surface area contributed by atoms with Crippen LogP contribution in [0.5, 0.6) is 0 Å². The molecular weight excluding hydrogens is 278 g/mol. The van der Waals surface area contributed by atoms with E-state index in [0.717, 1.165) is 27.4 Å². The highest BCUT2D eigenvalue weighted by Crippen LogP contribution is 2.16. The van der Waals surface area contributed by atoms with Gasteiger partial charge in [-0.05, 0) is 55.0 Å². The lowest BCUT2D eigenvalue weighted by Crippen LogP contribution is -2.33. The average molecular weight is 294 g/mol. The fraction of sp³-hybridized carbons (Fsp3) is 0.267. The summed E-state index contributed by atoms with van der Waals surface area (Å²) in [7, 11) is 0. The van der Waals surface area contributed by atoms with Crippen molar-refractivity contribution in [3.63, 3.8) is 0 Å². The molecule has 100 valence electrons. The molecule has 0 radical (unpaired) electrons. The molecule has 2 aromatic rings. The molecule has 0 aliphatic carbocycles. The van der Waals surface area contributed by atoms with E-state index in [4.69, 9.17) is 11.6 Å². The predicted octanol–water partition coefficient (Wildman–Crippen LogP) is 4.07. The third-order valence-electron chi connectivity index (χ3n) is 2.88. The zero-order valence-corrected chi connectivity index (χ0v) is 12.5. The highest BCUT2D eigenvalue weighted by atomic mass is 35.5. The maximum Gasteiger partial charge on any atom is 0.261 e. The molecule has 0 bridgehead atoms. The van der Waals surface area contributed by atoms with E-state index >= 15 is 0 Å². The van der Waals surface area contributed by atoms with Gasteiger partial charge in [-0.1, -0.05) is 23.7 Å². The Balaban J connectivity index is 1.96. The first kappa shape index (κ1) is 14.1. The summed E-state index contributed by atoms with van der Waals surface area (Å²) in [6, 6.07) is 9.76. The van der Waals surface area contributed by atoms with Gasteiger partial charge in [0.2, 0.25) is 0 Å². The summed E-state index contributed by atoms with van der Waals surface area (Å²) in [5, 5.41) is 5.68. The van der Waals surface area contributed by atoms with Crippen molar-refractivity contribution in [2.45, 2.75) is 26.3 Å². The Morgan fingerprint density at radius 2 is 2.21 bits per heavy atom. The van der Waals surface area contributed by atoms with Crippen molar-refractivity contribution in [3.8, 4) is 0 Å². The SMILES string of the molecule is Cc1ccsc1C(=O)N[C@H](C)Cc1cccc(Cl)c1. The van der Waals surface area contributed by atoms with Gasteiger partial charge in [0, 0.05) is 11.1 Å². The Morgan fingerprint density at radius 3 is 2.84 bits per heavy atom. The van der Waals surface area contributed by atoms with Gasteiger partial charge in [-0.3, -0.25) is 4.79 Å². The molecule has 0 aliphatic heterocycles. The van der Waals surface area contributed by atoms with Crippen LogP contribution < -0.4 is 5.32 Å². The van der Waals surface area contributed by atoms with Gasteiger partial charge < -0.3 is 5.32 Å². The summed E-state index contributed by atoms with van der Waals surface area (Å²) in [6.45, 7) is 3.95. The van der Waals surface area contributed by atoms with Crippen LogP contribution >= 0.6 is 22.9 Å². The summed E-state index contributed by atoms with van der Waals surface area (Å²) in [4.78, 5) is 12.9. The first-order valence-corrected chi connectivity index (χ1v) is 7.41. The van der Waals surface area contributed by atoms with E-state index in [1.54, 1.807) is 0 Å². The Labute approximate surface area is 122 Å². The lowest BCUT2D eigenvalue weighted by Gasteiger charge is -2.14. The number of aryl methyl sites for hydroxylation is 1. The number of hydrogen-bond donors (Lipinski definition) is 1. The lowest BCUT2D eigenvalue weighted by molar-refractivity contribution is 0.0943. The zero-order valence-electron chi connectivity index (χ0n) is 10.9. The van der Waals surface area contributed by atoms with E-state index < -0.39 is 0 Å². The van der Waals surface area contributed by atoms with Crippen LogP contribution in [0.3, 0.4) is 0 Å². The van der Waals surface area contributed by atoms with Gasteiger partial charge in [-0.25, -0.2) is 0 Å². The molecule has 19 heavy (non-hydrogen) atoms. The number of nitrogens with one attached hydrogen (secondary N) is 1. The van der Waals surface area contributed by atoms with E-state index in [2.05, 4.69) is 5.32 Å². The standard InChI is InChI=1S/C15H16ClNOS/c1-10-6-7-19-14(10)15(18)17-11(2)8-12-4-3-5-13(16)9-12/h3-7,9,11H,8H2,1-2H3,(H,17,18)/t11-/m1/s1. The third-order valence-corrected chi connectivity index (χ3v) is 4.13. The number of thiophene rings is 1. The van der Waals surface area contributed by atoms with Crippen LogP contribution in [0.2, 0.25) is 5.02 Å². The molecule has 4 heteroatoms. The first-order valence-electron chi connectivity index (χ1n) is 6.15. The van der Waals surface area contributed by atoms with Crippen LogP contribution in [0.1, 0.15) is 27.7 Å². The number of amides is 1. The minimum atomic E-state index is 0.00188. The zero-order chi connectivity index (χ0) is 13.8. The van der Waals surface area contributed by atoms with Gasteiger partial charge in [0.15, 0.2) is 0 Å². The van der Waals surface area contributed by atoms with Crippen molar-refractivity contribution in [1.29, 1.82) is 0 Å². The Morgan fingerprint density at radius 1 is 1.42 bits per heavy atom. The molecule has 0 saturated carbocycles. The maximum absolute atomic E-state index is 12.1. The Bertz CT molecular complexity index is 579. The van der Waals surface area contributed by atoms with Crippen LogP contribution in [0.4, 0.5) is 0 Å². The summed E-state index contributed by atoms with van der Waals surface area (Å²) in [6.07, 6.45) is 0.775. The second kappa shape index (κ2) is 6.22. The molecule has 1 atom stereocenters. The number of benzene rings is 1. The molecular formula is C15H16ClNOS. The summed E-state index contributed by atoms with van der Waals surface area (Å²) >= 11 is 7.43. The quantitative estimate of drug-likeness (QED) is 0.904. The van der Waals surface area contributed by atoms with E-state index in [-0.39, 0.29) is 11.9 Å². The van der Waals surface area contributed by atoms with Gasteiger partial charge in [0.05, 0.1) is 4.88 Å². The fourth-order valence-corrected chi connectivity index (χ4v) is 3.00. The third kappa shape index (κ3) is 3.82. The van der Waals surface area contributed by atoms with Gasteiger partial charge >= 0.3 is 0 Å². The van der Waals surface area contributed by atoms with Gasteiger partial charge in [-0.2, -0.15) is 0 Å². The largest absolute Gasteiger partial charge is 0.349 e. The minimum absolute atomic E-state index is 0.00188. The second-order valence-electron chi connectivity index (χ2n) is 4.64. The molecule has 2 nitrogen and oxygen atoms in total. The smallest absolute Gasteiger partial charge is 0.261 e. The predicted molar refractivity (Wildman–Crippen MR) is 81.1 cm³/mol. The molecule has 0 saturated heterocycles. The number of hydrogen-bond acceptors (Lipinski definition) is 2. The number of carbonyl (C=O) groups excluding carboxylic acids is 1. The van der Waals surface area contributed by atoms with Crippen LogP contribution in [0.25, 0.3) is 0 Å². The monoisotopic (exact) mass is 293 g/mol.